The summed E-state index contributed by atoms with van der Waals surface area (Å²) in [5.41, 5.74) is 1.01. The number of aliphatic carboxylic acids is 1. The number of carbonyl (C=O) groups is 1. The predicted octanol–water partition coefficient (Wildman–Crippen LogP) is 2.05. The summed E-state index contributed by atoms with van der Waals surface area (Å²) >= 11 is 5.82. The zero-order valence-electron chi connectivity index (χ0n) is 10.3. The Morgan fingerprint density at radius 2 is 1.79 bits per heavy atom. The number of aryl methyl sites for hydroxylation is 1. The topological polar surface area (TPSA) is 76.0 Å². The van der Waals surface area contributed by atoms with Gasteiger partial charge in [-0.3, -0.25) is 4.79 Å². The standard InChI is InChI=1S/C13H12ClN3O2/c1-8-15-11(17-12(16-8)7-13(18)19)6-9-2-4-10(14)5-3-9/h2-5H,6-7H2,1H3,(H,18,19). The molecule has 5 nitrogen and oxygen atoms in total. The average Bonchev–Trinajstić information content (AvgIpc) is 2.30. The van der Waals surface area contributed by atoms with Crippen molar-refractivity contribution in [2.75, 3.05) is 0 Å². The van der Waals surface area contributed by atoms with Crippen molar-refractivity contribution < 1.29 is 9.90 Å². The first-order valence-corrected chi connectivity index (χ1v) is 6.07. The number of hydrogen-bond donors (Lipinski definition) is 1. The molecule has 0 aliphatic rings. The summed E-state index contributed by atoms with van der Waals surface area (Å²) in [6, 6.07) is 7.36. The van der Waals surface area contributed by atoms with Crippen LogP contribution in [-0.4, -0.2) is 26.0 Å². The van der Waals surface area contributed by atoms with Crippen molar-refractivity contribution in [1.82, 2.24) is 15.0 Å². The van der Waals surface area contributed by atoms with Gasteiger partial charge in [0.1, 0.15) is 23.9 Å². The van der Waals surface area contributed by atoms with Gasteiger partial charge in [0.05, 0.1) is 0 Å². The molecule has 0 saturated carbocycles. The minimum Gasteiger partial charge on any atom is -0.481 e. The first-order valence-electron chi connectivity index (χ1n) is 5.69. The van der Waals surface area contributed by atoms with Crippen molar-refractivity contribution in [3.63, 3.8) is 0 Å². The molecule has 2 rings (SSSR count). The molecule has 1 aromatic heterocycles. The highest BCUT2D eigenvalue weighted by Crippen LogP contribution is 2.12. The summed E-state index contributed by atoms with van der Waals surface area (Å²) < 4.78 is 0. The number of aromatic nitrogens is 3. The zero-order valence-corrected chi connectivity index (χ0v) is 11.1. The Hall–Kier alpha value is -2.01. The molecule has 0 atom stereocenters. The Bertz CT molecular complexity index is 599. The van der Waals surface area contributed by atoms with Crippen LogP contribution in [0.3, 0.4) is 0 Å². The van der Waals surface area contributed by atoms with Crippen LogP contribution in [0.4, 0.5) is 0 Å². The maximum absolute atomic E-state index is 10.7. The molecule has 0 bridgehead atoms. The second-order valence-electron chi connectivity index (χ2n) is 4.09. The molecular formula is C13H12ClN3O2. The highest BCUT2D eigenvalue weighted by Gasteiger charge is 2.08. The van der Waals surface area contributed by atoms with Crippen LogP contribution in [0.25, 0.3) is 0 Å². The smallest absolute Gasteiger partial charge is 0.311 e. The van der Waals surface area contributed by atoms with Gasteiger partial charge in [0, 0.05) is 11.4 Å². The van der Waals surface area contributed by atoms with Crippen molar-refractivity contribution in [2.45, 2.75) is 19.8 Å². The van der Waals surface area contributed by atoms with Gasteiger partial charge in [-0.05, 0) is 24.6 Å². The molecule has 6 heteroatoms. The largest absolute Gasteiger partial charge is 0.481 e. The number of benzene rings is 1. The molecule has 1 heterocycles. The number of hydrogen-bond acceptors (Lipinski definition) is 4. The maximum Gasteiger partial charge on any atom is 0.311 e. The Labute approximate surface area is 115 Å². The second kappa shape index (κ2) is 5.75. The third-order valence-electron chi connectivity index (χ3n) is 2.42. The van der Waals surface area contributed by atoms with Gasteiger partial charge in [0.2, 0.25) is 0 Å². The molecule has 1 aromatic carbocycles. The summed E-state index contributed by atoms with van der Waals surface area (Å²) in [7, 11) is 0. The van der Waals surface area contributed by atoms with Crippen molar-refractivity contribution in [1.29, 1.82) is 0 Å². The van der Waals surface area contributed by atoms with E-state index in [-0.39, 0.29) is 12.2 Å². The normalized spacial score (nSPS) is 10.4. The van der Waals surface area contributed by atoms with E-state index in [0.29, 0.717) is 23.1 Å². The number of halogens is 1. The van der Waals surface area contributed by atoms with Gasteiger partial charge < -0.3 is 5.11 Å². The lowest BCUT2D eigenvalue weighted by Gasteiger charge is -2.04. The number of nitrogens with zero attached hydrogens (tertiary/aromatic N) is 3. The summed E-state index contributed by atoms with van der Waals surface area (Å²) in [5.74, 6) is 0.410. The van der Waals surface area contributed by atoms with Crippen LogP contribution < -0.4 is 0 Å². The van der Waals surface area contributed by atoms with Crippen molar-refractivity contribution in [2.24, 2.45) is 0 Å². The molecule has 0 amide bonds. The van der Waals surface area contributed by atoms with E-state index in [9.17, 15) is 4.79 Å². The average molecular weight is 278 g/mol. The lowest BCUT2D eigenvalue weighted by molar-refractivity contribution is -0.136. The fourth-order valence-corrected chi connectivity index (χ4v) is 1.80. The predicted molar refractivity (Wildman–Crippen MR) is 70.2 cm³/mol. The van der Waals surface area contributed by atoms with E-state index in [0.717, 1.165) is 5.56 Å². The van der Waals surface area contributed by atoms with Gasteiger partial charge in [-0.2, -0.15) is 0 Å². The fourth-order valence-electron chi connectivity index (χ4n) is 1.68. The molecule has 0 fully saturated rings. The van der Waals surface area contributed by atoms with Crippen LogP contribution in [0.15, 0.2) is 24.3 Å². The monoisotopic (exact) mass is 277 g/mol. The molecule has 0 aliphatic heterocycles. The van der Waals surface area contributed by atoms with Crippen LogP contribution in [0, 0.1) is 6.92 Å². The SMILES string of the molecule is Cc1nc(CC(=O)O)nc(Cc2ccc(Cl)cc2)n1. The highest BCUT2D eigenvalue weighted by atomic mass is 35.5. The van der Waals surface area contributed by atoms with Gasteiger partial charge in [-0.15, -0.1) is 0 Å². The van der Waals surface area contributed by atoms with E-state index in [1.807, 2.05) is 12.1 Å². The summed E-state index contributed by atoms with van der Waals surface area (Å²) in [4.78, 5) is 23.0. The summed E-state index contributed by atoms with van der Waals surface area (Å²) in [5, 5.41) is 9.42. The van der Waals surface area contributed by atoms with E-state index < -0.39 is 5.97 Å². The molecule has 98 valence electrons. The molecule has 19 heavy (non-hydrogen) atoms. The Balaban J connectivity index is 2.22. The van der Waals surface area contributed by atoms with Crippen LogP contribution in [0.1, 0.15) is 23.0 Å². The van der Waals surface area contributed by atoms with Crippen molar-refractivity contribution in [3.05, 3.63) is 52.3 Å². The molecule has 0 unspecified atom stereocenters. The van der Waals surface area contributed by atoms with Gasteiger partial charge >= 0.3 is 5.97 Å². The third kappa shape index (κ3) is 3.99. The Morgan fingerprint density at radius 1 is 1.16 bits per heavy atom. The first kappa shape index (κ1) is 13.4. The lowest BCUT2D eigenvalue weighted by atomic mass is 10.1. The first-order chi connectivity index (χ1) is 9.02. The third-order valence-corrected chi connectivity index (χ3v) is 2.68. The second-order valence-corrected chi connectivity index (χ2v) is 4.53. The van der Waals surface area contributed by atoms with Gasteiger partial charge in [0.25, 0.3) is 0 Å². The quantitative estimate of drug-likeness (QED) is 0.926. The summed E-state index contributed by atoms with van der Waals surface area (Å²) in [6.45, 7) is 1.72. The molecule has 0 spiro atoms. The number of carboxylic acid groups (broad SMARTS) is 1. The maximum atomic E-state index is 10.7. The Morgan fingerprint density at radius 3 is 2.42 bits per heavy atom. The summed E-state index contributed by atoms with van der Waals surface area (Å²) in [6.07, 6.45) is 0.324. The van der Waals surface area contributed by atoms with E-state index in [1.165, 1.54) is 0 Å². The minimum atomic E-state index is -0.956. The number of carboxylic acids is 1. The molecule has 1 N–H and O–H groups in total. The Kier molecular flexibility index (Phi) is 4.06. The lowest BCUT2D eigenvalue weighted by Crippen LogP contribution is -2.10. The van der Waals surface area contributed by atoms with Crippen LogP contribution in [0.5, 0.6) is 0 Å². The van der Waals surface area contributed by atoms with E-state index in [2.05, 4.69) is 15.0 Å². The van der Waals surface area contributed by atoms with Gasteiger partial charge in [-0.1, -0.05) is 23.7 Å². The van der Waals surface area contributed by atoms with E-state index in [1.54, 1.807) is 19.1 Å². The minimum absolute atomic E-state index is 0.197. The molecule has 0 saturated heterocycles. The van der Waals surface area contributed by atoms with Gasteiger partial charge in [-0.25, -0.2) is 15.0 Å². The van der Waals surface area contributed by atoms with Crippen molar-refractivity contribution >= 4 is 17.6 Å². The van der Waals surface area contributed by atoms with Crippen LogP contribution in [0.2, 0.25) is 5.02 Å². The highest BCUT2D eigenvalue weighted by molar-refractivity contribution is 6.30. The molecule has 2 aromatic rings. The van der Waals surface area contributed by atoms with E-state index >= 15 is 0 Å². The fraction of sp³-hybridized carbons (Fsp3) is 0.231. The van der Waals surface area contributed by atoms with Crippen LogP contribution >= 0.6 is 11.6 Å². The van der Waals surface area contributed by atoms with Crippen molar-refractivity contribution in [3.8, 4) is 0 Å². The molecule has 0 aliphatic carbocycles. The zero-order chi connectivity index (χ0) is 13.8. The molecule has 0 radical (unpaired) electrons. The van der Waals surface area contributed by atoms with Crippen LogP contribution in [-0.2, 0) is 17.6 Å². The van der Waals surface area contributed by atoms with Gasteiger partial charge in [0.15, 0.2) is 0 Å². The number of rotatable bonds is 4. The molecular weight excluding hydrogens is 266 g/mol. The van der Waals surface area contributed by atoms with E-state index in [4.69, 9.17) is 16.7 Å².